The molecule has 1 amide bonds. The number of rotatable bonds is 8. The van der Waals surface area contributed by atoms with Crippen LogP contribution in [0.25, 0.3) is 10.6 Å². The number of ether oxygens (including phenoxy) is 2. The summed E-state index contributed by atoms with van der Waals surface area (Å²) in [5, 5.41) is 13.8. The van der Waals surface area contributed by atoms with E-state index in [4.69, 9.17) is 14.6 Å². The lowest BCUT2D eigenvalue weighted by Gasteiger charge is -2.02. The standard InChI is InChI=1S/C17H18N2O5S/c20-15(21)4-2-1-3-7-18-16(22)12-9-25-17(19-12)11-5-6-13-14(8-11)24-10-23-13/h5-6,8-9H,1-4,7,10H2,(H,18,22)(H,20,21). The Kier molecular flexibility index (Phi) is 5.49. The zero-order chi connectivity index (χ0) is 17.6. The summed E-state index contributed by atoms with van der Waals surface area (Å²) in [6.07, 6.45) is 2.30. The summed E-state index contributed by atoms with van der Waals surface area (Å²) in [6, 6.07) is 5.57. The molecular formula is C17H18N2O5S. The Hall–Kier alpha value is -2.61. The van der Waals surface area contributed by atoms with E-state index in [0.29, 0.717) is 30.2 Å². The average molecular weight is 362 g/mol. The summed E-state index contributed by atoms with van der Waals surface area (Å²) < 4.78 is 10.6. The molecule has 0 atom stereocenters. The van der Waals surface area contributed by atoms with Gasteiger partial charge < -0.3 is 19.9 Å². The van der Waals surface area contributed by atoms with Crippen LogP contribution in [0.1, 0.15) is 36.2 Å². The molecule has 0 spiro atoms. The maximum absolute atomic E-state index is 12.1. The van der Waals surface area contributed by atoms with Crippen molar-refractivity contribution in [1.29, 1.82) is 0 Å². The van der Waals surface area contributed by atoms with Crippen molar-refractivity contribution in [3.63, 3.8) is 0 Å². The zero-order valence-corrected chi connectivity index (χ0v) is 14.3. The van der Waals surface area contributed by atoms with Crippen LogP contribution < -0.4 is 14.8 Å². The van der Waals surface area contributed by atoms with Gasteiger partial charge in [-0.2, -0.15) is 0 Å². The first-order valence-corrected chi connectivity index (χ1v) is 8.87. The summed E-state index contributed by atoms with van der Waals surface area (Å²) in [5.74, 6) is 0.380. The number of hydrogen-bond donors (Lipinski definition) is 2. The fourth-order valence-corrected chi connectivity index (χ4v) is 3.21. The number of nitrogens with one attached hydrogen (secondary N) is 1. The van der Waals surface area contributed by atoms with Crippen molar-refractivity contribution >= 4 is 23.2 Å². The van der Waals surface area contributed by atoms with E-state index in [1.54, 1.807) is 5.38 Å². The molecule has 132 valence electrons. The van der Waals surface area contributed by atoms with E-state index in [-0.39, 0.29) is 19.1 Å². The van der Waals surface area contributed by atoms with Gasteiger partial charge in [-0.05, 0) is 31.0 Å². The molecule has 0 bridgehead atoms. The average Bonchev–Trinajstić information content (AvgIpc) is 3.25. The van der Waals surface area contributed by atoms with Gasteiger partial charge in [-0.15, -0.1) is 11.3 Å². The number of aromatic nitrogens is 1. The Morgan fingerprint density at radius 1 is 1.20 bits per heavy atom. The molecular weight excluding hydrogens is 344 g/mol. The van der Waals surface area contributed by atoms with Crippen molar-refractivity contribution in [3.8, 4) is 22.1 Å². The van der Waals surface area contributed by atoms with Crippen LogP contribution in [0.5, 0.6) is 11.5 Å². The van der Waals surface area contributed by atoms with Gasteiger partial charge in [0.05, 0.1) is 0 Å². The van der Waals surface area contributed by atoms with Gasteiger partial charge in [0.2, 0.25) is 6.79 Å². The molecule has 2 N–H and O–H groups in total. The Morgan fingerprint density at radius 3 is 2.88 bits per heavy atom. The number of carbonyl (C=O) groups excluding carboxylic acids is 1. The molecule has 8 heteroatoms. The van der Waals surface area contributed by atoms with Crippen molar-refractivity contribution in [2.45, 2.75) is 25.7 Å². The molecule has 0 unspecified atom stereocenters. The second-order valence-electron chi connectivity index (χ2n) is 5.57. The minimum Gasteiger partial charge on any atom is -0.481 e. The second kappa shape index (κ2) is 7.98. The minimum absolute atomic E-state index is 0.166. The van der Waals surface area contributed by atoms with Crippen LogP contribution in [0.15, 0.2) is 23.6 Å². The molecule has 0 radical (unpaired) electrons. The van der Waals surface area contributed by atoms with Crippen LogP contribution in [0, 0.1) is 0 Å². The number of unbranched alkanes of at least 4 members (excludes halogenated alkanes) is 2. The summed E-state index contributed by atoms with van der Waals surface area (Å²) in [7, 11) is 0. The molecule has 1 aromatic heterocycles. The van der Waals surface area contributed by atoms with Crippen LogP contribution in [0.3, 0.4) is 0 Å². The van der Waals surface area contributed by atoms with Crippen LogP contribution >= 0.6 is 11.3 Å². The van der Waals surface area contributed by atoms with Crippen molar-refractivity contribution in [3.05, 3.63) is 29.3 Å². The molecule has 3 rings (SSSR count). The number of aliphatic carboxylic acids is 1. The normalized spacial score (nSPS) is 12.2. The SMILES string of the molecule is O=C(O)CCCCCNC(=O)c1csc(-c2ccc3c(c2)OCO3)n1. The number of carboxylic acid groups (broad SMARTS) is 1. The number of nitrogens with zero attached hydrogens (tertiary/aromatic N) is 1. The fourth-order valence-electron chi connectivity index (χ4n) is 2.41. The van der Waals surface area contributed by atoms with Gasteiger partial charge in [-0.25, -0.2) is 4.98 Å². The number of hydrogen-bond acceptors (Lipinski definition) is 6. The molecule has 1 aromatic carbocycles. The summed E-state index contributed by atoms with van der Waals surface area (Å²) in [6.45, 7) is 0.728. The maximum Gasteiger partial charge on any atom is 0.303 e. The molecule has 1 aliphatic heterocycles. The van der Waals surface area contributed by atoms with Gasteiger partial charge in [0.15, 0.2) is 11.5 Å². The smallest absolute Gasteiger partial charge is 0.303 e. The number of benzene rings is 1. The van der Waals surface area contributed by atoms with E-state index < -0.39 is 5.97 Å². The lowest BCUT2D eigenvalue weighted by atomic mass is 10.2. The fraction of sp³-hybridized carbons (Fsp3) is 0.353. The number of carboxylic acids is 1. The third-order valence-electron chi connectivity index (χ3n) is 3.71. The van der Waals surface area contributed by atoms with Gasteiger partial charge in [0, 0.05) is 23.9 Å². The van der Waals surface area contributed by atoms with Gasteiger partial charge in [0.25, 0.3) is 5.91 Å². The topological polar surface area (TPSA) is 97.8 Å². The Morgan fingerprint density at radius 2 is 2.04 bits per heavy atom. The van der Waals surface area contributed by atoms with Gasteiger partial charge >= 0.3 is 5.97 Å². The summed E-state index contributed by atoms with van der Waals surface area (Å²) in [5.41, 5.74) is 1.25. The highest BCUT2D eigenvalue weighted by molar-refractivity contribution is 7.13. The number of amides is 1. The third-order valence-corrected chi connectivity index (χ3v) is 4.60. The number of carbonyl (C=O) groups is 2. The van der Waals surface area contributed by atoms with Crippen LogP contribution in [-0.4, -0.2) is 35.3 Å². The molecule has 7 nitrogen and oxygen atoms in total. The Labute approximate surface area is 148 Å². The van der Waals surface area contributed by atoms with Crippen molar-refractivity contribution in [2.24, 2.45) is 0 Å². The molecule has 2 heterocycles. The molecule has 0 aliphatic carbocycles. The first kappa shape index (κ1) is 17.2. The number of fused-ring (bicyclic) bond motifs is 1. The maximum atomic E-state index is 12.1. The quantitative estimate of drug-likeness (QED) is 0.701. The predicted octanol–water partition coefficient (Wildman–Crippen LogP) is 2.91. The minimum atomic E-state index is -0.789. The van der Waals surface area contributed by atoms with E-state index in [1.165, 1.54) is 11.3 Å². The van der Waals surface area contributed by atoms with Crippen LogP contribution in [-0.2, 0) is 4.79 Å². The van der Waals surface area contributed by atoms with E-state index in [2.05, 4.69) is 10.3 Å². The Balaban J connectivity index is 1.51. The highest BCUT2D eigenvalue weighted by atomic mass is 32.1. The van der Waals surface area contributed by atoms with E-state index in [9.17, 15) is 9.59 Å². The monoisotopic (exact) mass is 362 g/mol. The molecule has 0 saturated carbocycles. The molecule has 25 heavy (non-hydrogen) atoms. The highest BCUT2D eigenvalue weighted by Gasteiger charge is 2.16. The Bertz CT molecular complexity index is 774. The van der Waals surface area contributed by atoms with Crippen molar-refractivity contribution in [1.82, 2.24) is 10.3 Å². The summed E-state index contributed by atoms with van der Waals surface area (Å²) in [4.78, 5) is 26.9. The van der Waals surface area contributed by atoms with Crippen LogP contribution in [0.4, 0.5) is 0 Å². The number of thiazole rings is 1. The van der Waals surface area contributed by atoms with E-state index in [1.807, 2.05) is 18.2 Å². The molecule has 0 fully saturated rings. The van der Waals surface area contributed by atoms with Crippen molar-refractivity contribution in [2.75, 3.05) is 13.3 Å². The lowest BCUT2D eigenvalue weighted by molar-refractivity contribution is -0.137. The molecule has 0 saturated heterocycles. The van der Waals surface area contributed by atoms with Gasteiger partial charge in [0.1, 0.15) is 10.7 Å². The van der Waals surface area contributed by atoms with Gasteiger partial charge in [-0.1, -0.05) is 6.42 Å². The summed E-state index contributed by atoms with van der Waals surface area (Å²) >= 11 is 1.39. The highest BCUT2D eigenvalue weighted by Crippen LogP contribution is 2.36. The predicted molar refractivity (Wildman–Crippen MR) is 92.1 cm³/mol. The zero-order valence-electron chi connectivity index (χ0n) is 13.5. The lowest BCUT2D eigenvalue weighted by Crippen LogP contribution is -2.24. The van der Waals surface area contributed by atoms with E-state index >= 15 is 0 Å². The second-order valence-corrected chi connectivity index (χ2v) is 6.42. The first-order valence-electron chi connectivity index (χ1n) is 7.99. The van der Waals surface area contributed by atoms with E-state index in [0.717, 1.165) is 23.4 Å². The largest absolute Gasteiger partial charge is 0.481 e. The third kappa shape index (κ3) is 4.48. The first-order chi connectivity index (χ1) is 12.1. The molecule has 2 aromatic rings. The van der Waals surface area contributed by atoms with Crippen LogP contribution in [0.2, 0.25) is 0 Å². The van der Waals surface area contributed by atoms with Crippen molar-refractivity contribution < 1.29 is 24.2 Å². The molecule has 1 aliphatic rings. The van der Waals surface area contributed by atoms with Gasteiger partial charge in [-0.3, -0.25) is 9.59 Å².